The maximum absolute atomic E-state index is 6.80. The lowest BCUT2D eigenvalue weighted by molar-refractivity contribution is 0.918. The van der Waals surface area contributed by atoms with Crippen molar-refractivity contribution >= 4 is 5.71 Å². The van der Waals surface area contributed by atoms with Crippen molar-refractivity contribution in [2.45, 2.75) is 6.92 Å². The molecule has 0 aromatic heterocycles. The number of hydrogen-bond donors (Lipinski definition) is 1. The second-order valence-electron chi connectivity index (χ2n) is 1.25. The van der Waals surface area contributed by atoms with Gasteiger partial charge in [-0.1, -0.05) is 0 Å². The summed E-state index contributed by atoms with van der Waals surface area (Å²) in [6.07, 6.45) is 0. The molecule has 0 saturated carbocycles. The maximum atomic E-state index is 6.80. The molecule has 0 aromatic carbocycles. The minimum absolute atomic E-state index is 0.583. The summed E-state index contributed by atoms with van der Waals surface area (Å²) in [6, 6.07) is 0. The van der Waals surface area contributed by atoms with Gasteiger partial charge in [-0.25, -0.2) is 5.32 Å². The molecule has 0 aliphatic rings. The zero-order chi connectivity index (χ0) is 4.99. The molecule has 1 radical (unpaired) electrons. The van der Waals surface area contributed by atoms with Crippen molar-refractivity contribution in [3.05, 3.63) is 0 Å². The van der Waals surface area contributed by atoms with Gasteiger partial charge in [0.15, 0.2) is 0 Å². The van der Waals surface area contributed by atoms with Crippen LogP contribution in [0.25, 0.3) is 0 Å². The van der Waals surface area contributed by atoms with E-state index in [0.29, 0.717) is 12.3 Å². The summed E-state index contributed by atoms with van der Waals surface area (Å²) < 4.78 is 0. The Hall–Kier alpha value is -0.370. The molecule has 6 heavy (non-hydrogen) atoms. The summed E-state index contributed by atoms with van der Waals surface area (Å²) in [5.41, 5.74) is 0.623. The highest BCUT2D eigenvalue weighted by molar-refractivity contribution is 5.80. The van der Waals surface area contributed by atoms with Crippen molar-refractivity contribution in [1.82, 2.24) is 5.32 Å². The van der Waals surface area contributed by atoms with Crippen molar-refractivity contribution in [2.75, 3.05) is 13.6 Å². The monoisotopic (exact) mass is 85.1 g/mol. The average Bonchev–Trinajstić information content (AvgIpc) is 1.35. The minimum atomic E-state index is 0.583. The van der Waals surface area contributed by atoms with Crippen LogP contribution in [-0.4, -0.2) is 19.3 Å². The molecule has 0 rings (SSSR count). The molecule has 0 bridgehead atoms. The second kappa shape index (κ2) is 2.85. The van der Waals surface area contributed by atoms with E-state index >= 15 is 0 Å². The predicted molar refractivity (Wildman–Crippen MR) is 26.3 cm³/mol. The standard InChI is InChI=1S/C4H9N2/c1-4(5)3-6-2/h5H,3H2,1-2H3. The first-order valence-corrected chi connectivity index (χ1v) is 1.87. The van der Waals surface area contributed by atoms with E-state index in [9.17, 15) is 0 Å². The zero-order valence-corrected chi connectivity index (χ0v) is 4.15. The van der Waals surface area contributed by atoms with Gasteiger partial charge in [-0.15, -0.1) is 0 Å². The van der Waals surface area contributed by atoms with Crippen molar-refractivity contribution in [2.24, 2.45) is 0 Å². The quantitative estimate of drug-likeness (QED) is 0.467. The molecule has 0 fully saturated rings. The van der Waals surface area contributed by atoms with Gasteiger partial charge in [-0.3, -0.25) is 0 Å². The van der Waals surface area contributed by atoms with Crippen LogP contribution in [-0.2, 0) is 0 Å². The first-order valence-electron chi connectivity index (χ1n) is 1.87. The Balaban J connectivity index is 2.83. The summed E-state index contributed by atoms with van der Waals surface area (Å²) in [7, 11) is 1.71. The van der Waals surface area contributed by atoms with Crippen LogP contribution in [0.3, 0.4) is 0 Å². The summed E-state index contributed by atoms with van der Waals surface area (Å²) in [5.74, 6) is 0. The highest BCUT2D eigenvalue weighted by Crippen LogP contribution is 1.61. The molecule has 2 nitrogen and oxygen atoms in total. The molecule has 0 spiro atoms. The van der Waals surface area contributed by atoms with E-state index in [0.717, 1.165) is 0 Å². The van der Waals surface area contributed by atoms with E-state index in [4.69, 9.17) is 5.41 Å². The van der Waals surface area contributed by atoms with Crippen LogP contribution < -0.4 is 5.32 Å². The van der Waals surface area contributed by atoms with Crippen molar-refractivity contribution in [1.29, 1.82) is 5.41 Å². The number of nitrogens with one attached hydrogen (secondary N) is 1. The Kier molecular flexibility index (Phi) is 2.67. The SMILES string of the molecule is C[N]CC(C)=N. The molecule has 0 amide bonds. The highest BCUT2D eigenvalue weighted by atomic mass is 14.8. The van der Waals surface area contributed by atoms with Crippen molar-refractivity contribution < 1.29 is 0 Å². The Morgan fingerprint density at radius 2 is 2.33 bits per heavy atom. The van der Waals surface area contributed by atoms with Gasteiger partial charge in [0.05, 0.1) is 6.54 Å². The molecule has 0 aromatic rings. The van der Waals surface area contributed by atoms with Crippen LogP contribution in [0.15, 0.2) is 0 Å². The van der Waals surface area contributed by atoms with Crippen LogP contribution in [0.4, 0.5) is 0 Å². The highest BCUT2D eigenvalue weighted by Gasteiger charge is 1.78. The van der Waals surface area contributed by atoms with Crippen LogP contribution >= 0.6 is 0 Å². The third-order valence-corrected chi connectivity index (χ3v) is 0.395. The minimum Gasteiger partial charge on any atom is -0.309 e. The topological polar surface area (TPSA) is 38.0 Å². The summed E-state index contributed by atoms with van der Waals surface area (Å²) in [6.45, 7) is 2.33. The molecule has 0 heterocycles. The normalized spacial score (nSPS) is 8.33. The number of hydrogen-bond acceptors (Lipinski definition) is 1. The molecule has 0 aliphatic heterocycles. The molecule has 0 aliphatic carbocycles. The lowest BCUT2D eigenvalue weighted by Crippen LogP contribution is -2.06. The molecule has 0 unspecified atom stereocenters. The third-order valence-electron chi connectivity index (χ3n) is 0.395. The molecule has 1 N–H and O–H groups in total. The fourth-order valence-corrected chi connectivity index (χ4v) is 0.237. The largest absolute Gasteiger partial charge is 0.309 e. The summed E-state index contributed by atoms with van der Waals surface area (Å²) in [4.78, 5) is 0. The Morgan fingerprint density at radius 3 is 2.33 bits per heavy atom. The number of rotatable bonds is 2. The first-order chi connectivity index (χ1) is 2.77. The number of nitrogens with zero attached hydrogens (tertiary/aromatic N) is 1. The second-order valence-corrected chi connectivity index (χ2v) is 1.25. The first kappa shape index (κ1) is 5.63. The fraction of sp³-hybridized carbons (Fsp3) is 0.750. The molecule has 0 atom stereocenters. The van der Waals surface area contributed by atoms with Crippen molar-refractivity contribution in [3.63, 3.8) is 0 Å². The van der Waals surface area contributed by atoms with Gasteiger partial charge in [0.2, 0.25) is 0 Å². The van der Waals surface area contributed by atoms with Gasteiger partial charge in [-0.2, -0.15) is 0 Å². The summed E-state index contributed by atoms with van der Waals surface area (Å²) in [5, 5.41) is 10.5. The zero-order valence-electron chi connectivity index (χ0n) is 4.15. The van der Waals surface area contributed by atoms with Gasteiger partial charge in [0.1, 0.15) is 0 Å². The van der Waals surface area contributed by atoms with Crippen LogP contribution in [0, 0.1) is 5.41 Å². The van der Waals surface area contributed by atoms with Crippen LogP contribution in [0.5, 0.6) is 0 Å². The molecular formula is C4H9N2. The Labute approximate surface area is 38.1 Å². The van der Waals surface area contributed by atoms with E-state index in [2.05, 4.69) is 5.32 Å². The van der Waals surface area contributed by atoms with Gasteiger partial charge < -0.3 is 5.41 Å². The van der Waals surface area contributed by atoms with Gasteiger partial charge in [0, 0.05) is 12.8 Å². The maximum Gasteiger partial charge on any atom is 0.0505 e. The smallest absolute Gasteiger partial charge is 0.0505 e. The van der Waals surface area contributed by atoms with E-state index in [1.165, 1.54) is 0 Å². The Bertz CT molecular complexity index is 49.5. The molecular weight excluding hydrogens is 76.1 g/mol. The van der Waals surface area contributed by atoms with Crippen molar-refractivity contribution in [3.8, 4) is 0 Å². The van der Waals surface area contributed by atoms with Gasteiger partial charge in [0.25, 0.3) is 0 Å². The van der Waals surface area contributed by atoms with E-state index in [1.54, 1.807) is 14.0 Å². The van der Waals surface area contributed by atoms with Gasteiger partial charge >= 0.3 is 0 Å². The lowest BCUT2D eigenvalue weighted by Gasteiger charge is -1.86. The molecule has 35 valence electrons. The Morgan fingerprint density at radius 1 is 1.83 bits per heavy atom. The molecule has 2 heteroatoms. The van der Waals surface area contributed by atoms with E-state index < -0.39 is 0 Å². The van der Waals surface area contributed by atoms with E-state index in [-0.39, 0.29) is 0 Å². The summed E-state index contributed by atoms with van der Waals surface area (Å²) >= 11 is 0. The van der Waals surface area contributed by atoms with Gasteiger partial charge in [-0.05, 0) is 6.92 Å². The van der Waals surface area contributed by atoms with Crippen LogP contribution in [0.2, 0.25) is 0 Å². The lowest BCUT2D eigenvalue weighted by atomic mass is 10.4. The predicted octanol–water partition coefficient (Wildman–Crippen LogP) is 0.260. The van der Waals surface area contributed by atoms with E-state index in [1.807, 2.05) is 0 Å². The molecule has 0 saturated heterocycles. The average molecular weight is 85.1 g/mol. The van der Waals surface area contributed by atoms with Crippen LogP contribution in [0.1, 0.15) is 6.92 Å². The fourth-order valence-electron chi connectivity index (χ4n) is 0.237. The third kappa shape index (κ3) is 3.63.